The molecule has 0 amide bonds. The van der Waals surface area contributed by atoms with Gasteiger partial charge in [-0.05, 0) is 81.2 Å². The van der Waals surface area contributed by atoms with Crippen molar-refractivity contribution in [3.05, 3.63) is 235 Å². The second-order valence-corrected chi connectivity index (χ2v) is 16.2. The highest BCUT2D eigenvalue weighted by Crippen LogP contribution is 2.62. The quantitative estimate of drug-likeness (QED) is 0.167. The number of rotatable bonds is 4. The van der Waals surface area contributed by atoms with Crippen molar-refractivity contribution in [2.75, 3.05) is 0 Å². The van der Waals surface area contributed by atoms with Crippen LogP contribution in [0.2, 0.25) is 0 Å². The molecule has 0 fully saturated rings. The normalized spacial score (nSPS) is 13.1. The third-order valence-electron chi connectivity index (χ3n) is 12.9. The summed E-state index contributed by atoms with van der Waals surface area (Å²) in [5.74, 6) is 1.78. The van der Waals surface area contributed by atoms with Crippen molar-refractivity contribution in [1.82, 2.24) is 15.0 Å². The van der Waals surface area contributed by atoms with Crippen molar-refractivity contribution < 1.29 is 4.74 Å². The van der Waals surface area contributed by atoms with E-state index < -0.39 is 5.41 Å². The summed E-state index contributed by atoms with van der Waals surface area (Å²) >= 11 is 0. The van der Waals surface area contributed by atoms with Gasteiger partial charge in [0.2, 0.25) is 0 Å². The van der Waals surface area contributed by atoms with Gasteiger partial charge in [0.1, 0.15) is 11.5 Å². The highest BCUT2D eigenvalue weighted by Gasteiger charge is 2.51. The van der Waals surface area contributed by atoms with E-state index in [9.17, 15) is 0 Å². The molecule has 3 heterocycles. The van der Waals surface area contributed by atoms with Crippen LogP contribution in [-0.2, 0) is 5.41 Å². The topological polar surface area (TPSA) is 47.9 Å². The maximum atomic E-state index is 6.62. The first-order valence-electron chi connectivity index (χ1n) is 21.1. The summed E-state index contributed by atoms with van der Waals surface area (Å²) in [7, 11) is 0. The van der Waals surface area contributed by atoms with Gasteiger partial charge in [-0.3, -0.25) is 0 Å². The molecular formula is C58H35N3O. The molecule has 0 N–H and O–H groups in total. The SMILES string of the molecule is c1ccc(-c2nc3ccc(-c4ccc(-c5nc6ccccc6c6cc7c(cc56)-c5ccccc5C75c6ccccc6Oc6ccccc65)cc4)cc3nc2-c2ccccc2)cc1. The van der Waals surface area contributed by atoms with Crippen LogP contribution in [0.15, 0.2) is 212 Å². The highest BCUT2D eigenvalue weighted by molar-refractivity contribution is 6.13. The van der Waals surface area contributed by atoms with Crippen molar-refractivity contribution >= 4 is 32.7 Å². The zero-order chi connectivity index (χ0) is 40.8. The predicted octanol–water partition coefficient (Wildman–Crippen LogP) is 14.5. The standard InChI is InChI=1S/C58H35N3O/c1-3-15-37(16-4-1)56-57(38-17-5-2-6-18-38)61-52-33-40(31-32-51(52)60-56)36-27-29-39(30-28-36)55-45-34-44-41-19-7-9-21-46(41)58(49(44)35-43(45)42-20-8-12-24-50(42)59-55)47-22-10-13-25-53(47)62-54-26-14-11-23-48(54)58/h1-35H. The summed E-state index contributed by atoms with van der Waals surface area (Å²) in [6.07, 6.45) is 0. The first kappa shape index (κ1) is 34.6. The maximum absolute atomic E-state index is 6.62. The van der Waals surface area contributed by atoms with Crippen LogP contribution in [0.3, 0.4) is 0 Å². The van der Waals surface area contributed by atoms with Gasteiger partial charge in [-0.25, -0.2) is 15.0 Å². The van der Waals surface area contributed by atoms with Crippen LogP contribution in [0.25, 0.3) is 88.7 Å². The van der Waals surface area contributed by atoms with E-state index in [2.05, 4.69) is 188 Å². The molecule has 9 aromatic carbocycles. The minimum atomic E-state index is -0.549. The Kier molecular flexibility index (Phi) is 7.49. The van der Waals surface area contributed by atoms with Crippen molar-refractivity contribution in [2.45, 2.75) is 5.41 Å². The van der Waals surface area contributed by atoms with Gasteiger partial charge in [0, 0.05) is 38.6 Å². The molecule has 0 unspecified atom stereocenters. The number of aromatic nitrogens is 3. The summed E-state index contributed by atoms with van der Waals surface area (Å²) in [6.45, 7) is 0. The first-order chi connectivity index (χ1) is 30.7. The predicted molar refractivity (Wildman–Crippen MR) is 251 cm³/mol. The average molecular weight is 790 g/mol. The van der Waals surface area contributed by atoms with Gasteiger partial charge < -0.3 is 4.74 Å². The van der Waals surface area contributed by atoms with Crippen LogP contribution in [0, 0.1) is 0 Å². The molecule has 1 spiro atoms. The lowest BCUT2D eigenvalue weighted by molar-refractivity contribution is 0.436. The fourth-order valence-corrected chi connectivity index (χ4v) is 10.2. The summed E-state index contributed by atoms with van der Waals surface area (Å²) in [5.41, 5.74) is 17.5. The fraction of sp³-hybridized carbons (Fsp3) is 0.0172. The largest absolute Gasteiger partial charge is 0.457 e. The first-order valence-corrected chi connectivity index (χ1v) is 21.1. The summed E-state index contributed by atoms with van der Waals surface area (Å²) in [5, 5.41) is 3.44. The van der Waals surface area contributed by atoms with E-state index in [1.807, 2.05) is 24.3 Å². The molecule has 0 radical (unpaired) electrons. The lowest BCUT2D eigenvalue weighted by Crippen LogP contribution is -2.32. The molecule has 0 atom stereocenters. The molecule has 11 aromatic rings. The molecule has 1 aliphatic heterocycles. The number of nitrogens with zero attached hydrogens (tertiary/aromatic N) is 3. The van der Waals surface area contributed by atoms with Crippen molar-refractivity contribution in [2.24, 2.45) is 0 Å². The van der Waals surface area contributed by atoms with Gasteiger partial charge >= 0.3 is 0 Å². The van der Waals surface area contributed by atoms with Crippen LogP contribution < -0.4 is 4.74 Å². The van der Waals surface area contributed by atoms with E-state index in [4.69, 9.17) is 19.7 Å². The summed E-state index contributed by atoms with van der Waals surface area (Å²) in [6, 6.07) is 75.3. The monoisotopic (exact) mass is 789 g/mol. The molecular weight excluding hydrogens is 755 g/mol. The number of para-hydroxylation sites is 3. The number of hydrogen-bond acceptors (Lipinski definition) is 4. The molecule has 62 heavy (non-hydrogen) atoms. The van der Waals surface area contributed by atoms with E-state index in [-0.39, 0.29) is 0 Å². The third kappa shape index (κ3) is 5.04. The van der Waals surface area contributed by atoms with Gasteiger partial charge in [-0.2, -0.15) is 0 Å². The molecule has 4 nitrogen and oxygen atoms in total. The number of fused-ring (bicyclic) bond motifs is 13. The van der Waals surface area contributed by atoms with Gasteiger partial charge in [-0.1, -0.05) is 170 Å². The molecule has 0 bridgehead atoms. The van der Waals surface area contributed by atoms with E-state index in [0.29, 0.717) is 0 Å². The molecule has 0 saturated heterocycles. The Morgan fingerprint density at radius 1 is 0.290 bits per heavy atom. The van der Waals surface area contributed by atoms with Gasteiger partial charge in [0.05, 0.1) is 39.0 Å². The van der Waals surface area contributed by atoms with Crippen LogP contribution >= 0.6 is 0 Å². The van der Waals surface area contributed by atoms with E-state index >= 15 is 0 Å². The van der Waals surface area contributed by atoms with Gasteiger partial charge in [0.25, 0.3) is 0 Å². The lowest BCUT2D eigenvalue weighted by atomic mass is 9.66. The van der Waals surface area contributed by atoms with E-state index in [1.54, 1.807) is 0 Å². The van der Waals surface area contributed by atoms with Gasteiger partial charge in [0.15, 0.2) is 0 Å². The van der Waals surface area contributed by atoms with Crippen LogP contribution in [0.1, 0.15) is 22.3 Å². The fourth-order valence-electron chi connectivity index (χ4n) is 10.2. The smallest absolute Gasteiger partial charge is 0.132 e. The summed E-state index contributed by atoms with van der Waals surface area (Å²) < 4.78 is 6.62. The van der Waals surface area contributed by atoms with Crippen molar-refractivity contribution in [3.8, 4) is 67.5 Å². The highest BCUT2D eigenvalue weighted by atomic mass is 16.5. The van der Waals surface area contributed by atoms with Crippen LogP contribution in [0.5, 0.6) is 11.5 Å². The Labute approximate surface area is 358 Å². The number of benzene rings is 9. The number of pyridine rings is 1. The molecule has 1 aliphatic carbocycles. The van der Waals surface area contributed by atoms with Gasteiger partial charge in [-0.15, -0.1) is 0 Å². The molecule has 0 saturated carbocycles. The molecule has 288 valence electrons. The summed E-state index contributed by atoms with van der Waals surface area (Å²) in [4.78, 5) is 15.8. The molecule has 4 heteroatoms. The molecule has 2 aromatic heterocycles. The Morgan fingerprint density at radius 3 is 1.53 bits per heavy atom. The van der Waals surface area contributed by atoms with Crippen LogP contribution in [-0.4, -0.2) is 15.0 Å². The minimum absolute atomic E-state index is 0.549. The van der Waals surface area contributed by atoms with Crippen molar-refractivity contribution in [3.63, 3.8) is 0 Å². The van der Waals surface area contributed by atoms with E-state index in [1.165, 1.54) is 27.6 Å². The molecule has 13 rings (SSSR count). The average Bonchev–Trinajstić information content (AvgIpc) is 3.62. The Bertz CT molecular complexity index is 3550. The second kappa shape index (κ2) is 13.4. The van der Waals surface area contributed by atoms with E-state index in [0.717, 1.165) is 94.8 Å². The van der Waals surface area contributed by atoms with Crippen LogP contribution in [0.4, 0.5) is 0 Å². The zero-order valence-electron chi connectivity index (χ0n) is 33.5. The zero-order valence-corrected chi connectivity index (χ0v) is 33.5. The Balaban J connectivity index is 0.975. The Hall–Kier alpha value is -8.21. The number of hydrogen-bond donors (Lipinski definition) is 0. The number of ether oxygens (including phenoxy) is 1. The molecule has 2 aliphatic rings. The van der Waals surface area contributed by atoms with Crippen molar-refractivity contribution in [1.29, 1.82) is 0 Å². The lowest BCUT2D eigenvalue weighted by Gasteiger charge is -2.39. The minimum Gasteiger partial charge on any atom is -0.457 e. The maximum Gasteiger partial charge on any atom is 0.132 e. The Morgan fingerprint density at radius 2 is 0.823 bits per heavy atom. The second-order valence-electron chi connectivity index (χ2n) is 16.2. The third-order valence-corrected chi connectivity index (χ3v) is 12.9.